The normalized spacial score (nSPS) is 15.1. The van der Waals surface area contributed by atoms with E-state index in [9.17, 15) is 5.11 Å². The summed E-state index contributed by atoms with van der Waals surface area (Å²) >= 11 is 0. The summed E-state index contributed by atoms with van der Waals surface area (Å²) in [5, 5.41) is 12.9. The van der Waals surface area contributed by atoms with Crippen molar-refractivity contribution >= 4 is 11.8 Å². The molecule has 140 valence electrons. The van der Waals surface area contributed by atoms with E-state index in [2.05, 4.69) is 41.9 Å². The number of nitrogens with zero attached hydrogens (tertiary/aromatic N) is 5. The lowest BCUT2D eigenvalue weighted by Gasteiger charge is -2.30. The van der Waals surface area contributed by atoms with Crippen LogP contribution >= 0.6 is 0 Å². The summed E-state index contributed by atoms with van der Waals surface area (Å²) < 4.78 is 2.12. The van der Waals surface area contributed by atoms with Crippen LogP contribution in [0.1, 0.15) is 24.2 Å². The first-order valence-corrected chi connectivity index (χ1v) is 9.32. The number of aliphatic hydroxyl groups is 1. The maximum absolute atomic E-state index is 9.67. The molecule has 0 radical (unpaired) electrons. The second-order valence-corrected chi connectivity index (χ2v) is 6.77. The summed E-state index contributed by atoms with van der Waals surface area (Å²) in [6.45, 7) is 2.98. The second kappa shape index (κ2) is 8.18. The molecular weight excluding hydrogens is 340 g/mol. The van der Waals surface area contributed by atoms with E-state index in [1.54, 1.807) is 6.20 Å². The maximum Gasteiger partial charge on any atom is 0.224 e. The number of hydrogen-bond acceptors (Lipinski definition) is 6. The van der Waals surface area contributed by atoms with Crippen molar-refractivity contribution in [1.82, 2.24) is 19.5 Å². The topological polar surface area (TPSA) is 79.1 Å². The molecule has 2 aromatic heterocycles. The van der Waals surface area contributed by atoms with Crippen molar-refractivity contribution in [3.05, 3.63) is 66.4 Å². The third kappa shape index (κ3) is 4.43. The molecule has 1 fully saturated rings. The Morgan fingerprint density at radius 2 is 1.85 bits per heavy atom. The molecule has 0 bridgehead atoms. The molecule has 0 unspecified atom stereocenters. The van der Waals surface area contributed by atoms with E-state index in [-0.39, 0.29) is 6.10 Å². The summed E-state index contributed by atoms with van der Waals surface area (Å²) in [6, 6.07) is 12.2. The number of nitrogens with one attached hydrogen (secondary N) is 1. The number of aromatic nitrogens is 4. The lowest BCUT2D eigenvalue weighted by Crippen LogP contribution is -2.36. The van der Waals surface area contributed by atoms with E-state index in [0.29, 0.717) is 12.5 Å². The van der Waals surface area contributed by atoms with Gasteiger partial charge in [-0.15, -0.1) is 0 Å². The first-order chi connectivity index (χ1) is 13.3. The smallest absolute Gasteiger partial charge is 0.224 e. The largest absolute Gasteiger partial charge is 0.393 e. The van der Waals surface area contributed by atoms with E-state index in [0.717, 1.165) is 44.1 Å². The molecule has 1 aliphatic rings. The highest BCUT2D eigenvalue weighted by Crippen LogP contribution is 2.18. The Morgan fingerprint density at radius 3 is 2.67 bits per heavy atom. The van der Waals surface area contributed by atoms with Gasteiger partial charge in [0.15, 0.2) is 0 Å². The van der Waals surface area contributed by atoms with Gasteiger partial charge in [-0.2, -0.15) is 4.98 Å². The molecule has 7 heteroatoms. The van der Waals surface area contributed by atoms with Crippen LogP contribution in [0.25, 0.3) is 0 Å². The molecule has 1 aromatic carbocycles. The van der Waals surface area contributed by atoms with Crippen LogP contribution in [-0.2, 0) is 13.1 Å². The molecule has 0 aliphatic carbocycles. The zero-order chi connectivity index (χ0) is 18.5. The van der Waals surface area contributed by atoms with Crippen molar-refractivity contribution in [2.75, 3.05) is 23.3 Å². The Kier molecular flexibility index (Phi) is 5.29. The third-order valence-corrected chi connectivity index (χ3v) is 4.83. The SMILES string of the molecule is OC1CCN(c2ccnc(NCc3nccn3Cc3ccccc3)n2)CC1. The highest BCUT2D eigenvalue weighted by Gasteiger charge is 2.18. The van der Waals surface area contributed by atoms with E-state index >= 15 is 0 Å². The van der Waals surface area contributed by atoms with E-state index in [1.807, 2.05) is 36.7 Å². The fourth-order valence-corrected chi connectivity index (χ4v) is 3.29. The zero-order valence-electron chi connectivity index (χ0n) is 15.2. The number of piperidine rings is 1. The molecule has 3 aromatic rings. The molecule has 4 rings (SSSR count). The van der Waals surface area contributed by atoms with E-state index < -0.39 is 0 Å². The van der Waals surface area contributed by atoms with E-state index in [1.165, 1.54) is 5.56 Å². The predicted octanol–water partition coefficient (Wildman–Crippen LogP) is 2.29. The number of rotatable bonds is 6. The van der Waals surface area contributed by atoms with Gasteiger partial charge in [-0.25, -0.2) is 9.97 Å². The highest BCUT2D eigenvalue weighted by atomic mass is 16.3. The second-order valence-electron chi connectivity index (χ2n) is 6.77. The first kappa shape index (κ1) is 17.5. The van der Waals surface area contributed by atoms with Gasteiger partial charge in [0.2, 0.25) is 5.95 Å². The molecular formula is C20H24N6O. The van der Waals surface area contributed by atoms with Gasteiger partial charge in [0.1, 0.15) is 11.6 Å². The van der Waals surface area contributed by atoms with Crippen molar-refractivity contribution in [2.24, 2.45) is 0 Å². The molecule has 0 atom stereocenters. The molecule has 27 heavy (non-hydrogen) atoms. The highest BCUT2D eigenvalue weighted by molar-refractivity contribution is 5.43. The van der Waals surface area contributed by atoms with Crippen molar-refractivity contribution < 1.29 is 5.11 Å². The number of imidazole rings is 1. The molecule has 0 saturated carbocycles. The van der Waals surface area contributed by atoms with Crippen LogP contribution < -0.4 is 10.2 Å². The minimum atomic E-state index is -0.191. The lowest BCUT2D eigenvalue weighted by molar-refractivity contribution is 0.145. The molecule has 0 spiro atoms. The summed E-state index contributed by atoms with van der Waals surface area (Å²) in [6.07, 6.45) is 6.94. The number of benzene rings is 1. The van der Waals surface area contributed by atoms with Crippen LogP contribution in [0.2, 0.25) is 0 Å². The number of anilines is 2. The summed E-state index contributed by atoms with van der Waals surface area (Å²) in [5.74, 6) is 2.42. The van der Waals surface area contributed by atoms with Gasteiger partial charge in [0.05, 0.1) is 12.6 Å². The van der Waals surface area contributed by atoms with Crippen LogP contribution in [0.4, 0.5) is 11.8 Å². The van der Waals surface area contributed by atoms with Crippen molar-refractivity contribution in [3.8, 4) is 0 Å². The van der Waals surface area contributed by atoms with Crippen molar-refractivity contribution in [3.63, 3.8) is 0 Å². The average Bonchev–Trinajstić information content (AvgIpc) is 3.15. The fraction of sp³-hybridized carbons (Fsp3) is 0.350. The van der Waals surface area contributed by atoms with Crippen molar-refractivity contribution in [1.29, 1.82) is 0 Å². The van der Waals surface area contributed by atoms with Crippen LogP contribution in [-0.4, -0.2) is 43.8 Å². The van der Waals surface area contributed by atoms with Gasteiger partial charge in [-0.05, 0) is 24.5 Å². The molecule has 0 amide bonds. The van der Waals surface area contributed by atoms with Gasteiger partial charge in [0.25, 0.3) is 0 Å². The number of aliphatic hydroxyl groups excluding tert-OH is 1. The average molecular weight is 364 g/mol. The summed E-state index contributed by atoms with van der Waals surface area (Å²) in [7, 11) is 0. The van der Waals surface area contributed by atoms with Crippen LogP contribution in [0.15, 0.2) is 55.0 Å². The maximum atomic E-state index is 9.67. The van der Waals surface area contributed by atoms with Crippen LogP contribution in [0, 0.1) is 0 Å². The molecule has 7 nitrogen and oxygen atoms in total. The quantitative estimate of drug-likeness (QED) is 0.699. The van der Waals surface area contributed by atoms with Gasteiger partial charge < -0.3 is 19.9 Å². The standard InChI is InChI=1S/C20H24N6O/c27-17-7-11-25(12-8-17)18-6-9-22-20(24-18)23-14-19-21-10-13-26(19)15-16-4-2-1-3-5-16/h1-6,9-10,13,17,27H,7-8,11-12,14-15H2,(H,22,23,24). The zero-order valence-corrected chi connectivity index (χ0v) is 15.2. The molecule has 3 heterocycles. The Morgan fingerprint density at radius 1 is 1.04 bits per heavy atom. The summed E-state index contributed by atoms with van der Waals surface area (Å²) in [5.41, 5.74) is 1.24. The monoisotopic (exact) mass is 364 g/mol. The minimum Gasteiger partial charge on any atom is -0.393 e. The molecule has 1 aliphatic heterocycles. The van der Waals surface area contributed by atoms with Gasteiger partial charge >= 0.3 is 0 Å². The Labute approximate surface area is 158 Å². The number of hydrogen-bond donors (Lipinski definition) is 2. The Hall–Kier alpha value is -2.93. The predicted molar refractivity (Wildman–Crippen MR) is 105 cm³/mol. The van der Waals surface area contributed by atoms with Crippen LogP contribution in [0.5, 0.6) is 0 Å². The molecule has 2 N–H and O–H groups in total. The Balaban J connectivity index is 1.40. The van der Waals surface area contributed by atoms with E-state index in [4.69, 9.17) is 0 Å². The summed E-state index contributed by atoms with van der Waals surface area (Å²) in [4.78, 5) is 15.6. The van der Waals surface area contributed by atoms with Gasteiger partial charge in [0, 0.05) is 38.2 Å². The first-order valence-electron chi connectivity index (χ1n) is 9.32. The minimum absolute atomic E-state index is 0.191. The Bertz CT molecular complexity index is 858. The molecule has 1 saturated heterocycles. The lowest BCUT2D eigenvalue weighted by atomic mass is 10.1. The van der Waals surface area contributed by atoms with Gasteiger partial charge in [-0.3, -0.25) is 0 Å². The van der Waals surface area contributed by atoms with Crippen LogP contribution in [0.3, 0.4) is 0 Å². The third-order valence-electron chi connectivity index (χ3n) is 4.83. The fourth-order valence-electron chi connectivity index (χ4n) is 3.29. The van der Waals surface area contributed by atoms with Crippen molar-refractivity contribution in [2.45, 2.75) is 32.0 Å². The van der Waals surface area contributed by atoms with Gasteiger partial charge in [-0.1, -0.05) is 30.3 Å².